The van der Waals surface area contributed by atoms with E-state index in [1.54, 1.807) is 0 Å². The van der Waals surface area contributed by atoms with Gasteiger partial charge < -0.3 is 15.7 Å². The number of aliphatic hydroxyl groups is 1. The van der Waals surface area contributed by atoms with Gasteiger partial charge in [-0.05, 0) is 23.3 Å². The van der Waals surface area contributed by atoms with Gasteiger partial charge >= 0.3 is 6.03 Å². The highest BCUT2D eigenvalue weighted by Gasteiger charge is 2.12. The number of carbonyl (C=O) groups is 1. The van der Waals surface area contributed by atoms with Crippen molar-refractivity contribution >= 4 is 22.0 Å². The molecule has 0 saturated carbocycles. The summed E-state index contributed by atoms with van der Waals surface area (Å²) in [5.74, 6) is 0. The molecule has 0 radical (unpaired) electrons. The molecule has 5 heteroatoms. The van der Waals surface area contributed by atoms with Crippen LogP contribution in [0.15, 0.2) is 59.1 Å². The van der Waals surface area contributed by atoms with Crippen molar-refractivity contribution in [2.45, 2.75) is 12.6 Å². The van der Waals surface area contributed by atoms with Crippen LogP contribution in [0, 0.1) is 0 Å². The summed E-state index contributed by atoms with van der Waals surface area (Å²) in [6.07, 6.45) is 0. The molecule has 2 amide bonds. The first-order valence-electron chi connectivity index (χ1n) is 6.63. The van der Waals surface area contributed by atoms with Gasteiger partial charge in [0.05, 0.1) is 12.6 Å². The van der Waals surface area contributed by atoms with Crippen molar-refractivity contribution in [3.05, 3.63) is 70.2 Å². The summed E-state index contributed by atoms with van der Waals surface area (Å²) in [5, 5.41) is 14.9. The lowest BCUT2D eigenvalue weighted by Gasteiger charge is -2.17. The molecule has 0 fully saturated rings. The highest BCUT2D eigenvalue weighted by molar-refractivity contribution is 9.10. The van der Waals surface area contributed by atoms with E-state index in [9.17, 15) is 9.90 Å². The smallest absolute Gasteiger partial charge is 0.315 e. The number of nitrogens with one attached hydrogen (secondary N) is 2. The van der Waals surface area contributed by atoms with Gasteiger partial charge in [0.15, 0.2) is 0 Å². The number of benzene rings is 2. The van der Waals surface area contributed by atoms with E-state index in [0.29, 0.717) is 6.54 Å². The van der Waals surface area contributed by atoms with Crippen LogP contribution in [0.5, 0.6) is 0 Å². The van der Waals surface area contributed by atoms with Gasteiger partial charge in [-0.15, -0.1) is 0 Å². The predicted octanol–water partition coefficient (Wildman–Crippen LogP) is 2.98. The Bertz CT molecular complexity index is 573. The summed E-state index contributed by atoms with van der Waals surface area (Å²) in [7, 11) is 0. The van der Waals surface area contributed by atoms with Gasteiger partial charge in [-0.2, -0.15) is 0 Å². The van der Waals surface area contributed by atoms with Crippen molar-refractivity contribution in [3.8, 4) is 0 Å². The molecule has 3 N–H and O–H groups in total. The number of urea groups is 1. The molecule has 0 aromatic heterocycles. The molecular weight excluding hydrogens is 332 g/mol. The molecule has 2 aromatic carbocycles. The maximum Gasteiger partial charge on any atom is 0.315 e. The molecule has 2 rings (SSSR count). The van der Waals surface area contributed by atoms with E-state index in [1.165, 1.54) is 0 Å². The third-order valence-electron chi connectivity index (χ3n) is 3.06. The zero-order valence-electron chi connectivity index (χ0n) is 11.4. The number of carbonyl (C=O) groups excluding carboxylic acids is 1. The van der Waals surface area contributed by atoms with Crippen LogP contribution >= 0.6 is 15.9 Å². The minimum Gasteiger partial charge on any atom is -0.394 e. The lowest BCUT2D eigenvalue weighted by molar-refractivity contribution is 0.216. The number of aliphatic hydroxyl groups excluding tert-OH is 1. The Morgan fingerprint density at radius 3 is 2.38 bits per heavy atom. The average Bonchev–Trinajstić information content (AvgIpc) is 2.53. The van der Waals surface area contributed by atoms with Gasteiger partial charge in [0.2, 0.25) is 0 Å². The maximum atomic E-state index is 11.9. The van der Waals surface area contributed by atoms with E-state index < -0.39 is 6.04 Å². The minimum atomic E-state index is -0.406. The Kier molecular flexibility index (Phi) is 5.78. The van der Waals surface area contributed by atoms with Gasteiger partial charge in [0.25, 0.3) is 0 Å². The number of amides is 2. The summed E-state index contributed by atoms with van der Waals surface area (Å²) in [6, 6.07) is 16.4. The van der Waals surface area contributed by atoms with Crippen LogP contribution in [-0.4, -0.2) is 17.7 Å². The monoisotopic (exact) mass is 348 g/mol. The first kappa shape index (κ1) is 15.5. The summed E-state index contributed by atoms with van der Waals surface area (Å²) < 4.78 is 1.00. The molecule has 0 unspecified atom stereocenters. The second kappa shape index (κ2) is 7.81. The third-order valence-corrected chi connectivity index (χ3v) is 3.58. The fourth-order valence-electron chi connectivity index (χ4n) is 1.91. The first-order valence-corrected chi connectivity index (χ1v) is 7.43. The van der Waals surface area contributed by atoms with Gasteiger partial charge in [-0.25, -0.2) is 4.79 Å². The molecule has 2 aromatic rings. The van der Waals surface area contributed by atoms with Crippen molar-refractivity contribution in [1.29, 1.82) is 0 Å². The van der Waals surface area contributed by atoms with E-state index >= 15 is 0 Å². The normalized spacial score (nSPS) is 11.7. The maximum absolute atomic E-state index is 11.9. The van der Waals surface area contributed by atoms with Crippen LogP contribution in [-0.2, 0) is 6.54 Å². The molecule has 0 heterocycles. The average molecular weight is 349 g/mol. The molecule has 4 nitrogen and oxygen atoms in total. The molecule has 0 aliphatic rings. The zero-order chi connectivity index (χ0) is 15.1. The van der Waals surface area contributed by atoms with Crippen molar-refractivity contribution in [1.82, 2.24) is 10.6 Å². The number of rotatable bonds is 5. The molecule has 21 heavy (non-hydrogen) atoms. The fourth-order valence-corrected chi connectivity index (χ4v) is 2.18. The van der Waals surface area contributed by atoms with Crippen LogP contribution in [0.1, 0.15) is 17.2 Å². The van der Waals surface area contributed by atoms with Crippen molar-refractivity contribution in [2.24, 2.45) is 0 Å². The lowest BCUT2D eigenvalue weighted by atomic mass is 10.1. The van der Waals surface area contributed by atoms with Gasteiger partial charge in [-0.1, -0.05) is 58.4 Å². The van der Waals surface area contributed by atoms with Gasteiger partial charge in [-0.3, -0.25) is 0 Å². The SMILES string of the molecule is O=C(NCc1ccc(Br)cc1)N[C@H](CO)c1ccccc1. The topological polar surface area (TPSA) is 61.4 Å². The first-order chi connectivity index (χ1) is 10.2. The van der Waals surface area contributed by atoms with Gasteiger partial charge in [0, 0.05) is 11.0 Å². The largest absolute Gasteiger partial charge is 0.394 e. The lowest BCUT2D eigenvalue weighted by Crippen LogP contribution is -2.38. The van der Waals surface area contributed by atoms with Crippen molar-refractivity contribution < 1.29 is 9.90 Å². The van der Waals surface area contributed by atoms with Crippen LogP contribution < -0.4 is 10.6 Å². The summed E-state index contributed by atoms with van der Waals surface area (Å²) in [4.78, 5) is 11.9. The van der Waals surface area contributed by atoms with E-state index in [1.807, 2.05) is 54.6 Å². The minimum absolute atomic E-state index is 0.143. The Balaban J connectivity index is 1.87. The standard InChI is InChI=1S/C16H17BrN2O2/c17-14-8-6-12(7-9-14)10-18-16(21)19-15(11-20)13-4-2-1-3-5-13/h1-9,15,20H,10-11H2,(H2,18,19,21)/t15-/m1/s1. The van der Waals surface area contributed by atoms with Crippen LogP contribution in [0.2, 0.25) is 0 Å². The molecule has 0 aliphatic heterocycles. The van der Waals surface area contributed by atoms with Crippen molar-refractivity contribution in [2.75, 3.05) is 6.61 Å². The Morgan fingerprint density at radius 2 is 1.76 bits per heavy atom. The van der Waals surface area contributed by atoms with Crippen LogP contribution in [0.3, 0.4) is 0 Å². The second-order valence-corrected chi connectivity index (χ2v) is 5.52. The Morgan fingerprint density at radius 1 is 1.10 bits per heavy atom. The Labute approximate surface area is 132 Å². The van der Waals surface area contributed by atoms with Crippen molar-refractivity contribution in [3.63, 3.8) is 0 Å². The van der Waals surface area contributed by atoms with E-state index in [-0.39, 0.29) is 12.6 Å². The third kappa shape index (κ3) is 4.88. The predicted molar refractivity (Wildman–Crippen MR) is 85.8 cm³/mol. The molecular formula is C16H17BrN2O2. The Hall–Kier alpha value is -1.85. The van der Waals surface area contributed by atoms with E-state index in [2.05, 4.69) is 26.6 Å². The molecule has 0 bridgehead atoms. The highest BCUT2D eigenvalue weighted by Crippen LogP contribution is 2.12. The zero-order valence-corrected chi connectivity index (χ0v) is 13.0. The molecule has 0 saturated heterocycles. The summed E-state index contributed by atoms with van der Waals surface area (Å²) >= 11 is 3.37. The molecule has 0 spiro atoms. The summed E-state index contributed by atoms with van der Waals surface area (Å²) in [6.45, 7) is 0.293. The molecule has 1 atom stereocenters. The molecule has 110 valence electrons. The summed E-state index contributed by atoms with van der Waals surface area (Å²) in [5.41, 5.74) is 1.88. The highest BCUT2D eigenvalue weighted by atomic mass is 79.9. The van der Waals surface area contributed by atoms with Gasteiger partial charge in [0.1, 0.15) is 0 Å². The number of hydrogen-bond donors (Lipinski definition) is 3. The quantitative estimate of drug-likeness (QED) is 0.777. The van der Waals surface area contributed by atoms with Crippen LogP contribution in [0.25, 0.3) is 0 Å². The van der Waals surface area contributed by atoms with E-state index in [4.69, 9.17) is 0 Å². The fraction of sp³-hybridized carbons (Fsp3) is 0.188. The molecule has 0 aliphatic carbocycles. The van der Waals surface area contributed by atoms with E-state index in [0.717, 1.165) is 15.6 Å². The number of hydrogen-bond acceptors (Lipinski definition) is 2. The van der Waals surface area contributed by atoms with Crippen LogP contribution in [0.4, 0.5) is 4.79 Å². The number of halogens is 1. The second-order valence-electron chi connectivity index (χ2n) is 4.60.